The van der Waals surface area contributed by atoms with Crippen LogP contribution in [-0.2, 0) is 4.74 Å². The molecule has 1 unspecified atom stereocenters. The van der Waals surface area contributed by atoms with Gasteiger partial charge in [0.15, 0.2) is 5.78 Å². The molecule has 0 fully saturated rings. The largest absolute Gasteiger partial charge is 0.462 e. The zero-order valence-corrected chi connectivity index (χ0v) is 15.0. The fraction of sp³-hybridized carbons (Fsp3) is 0.364. The third kappa shape index (κ3) is 5.28. The molecule has 0 aliphatic rings. The second-order valence-electron chi connectivity index (χ2n) is 6.26. The highest BCUT2D eigenvalue weighted by atomic mass is 16.5. The number of hydrogen-bond donors (Lipinski definition) is 0. The van der Waals surface area contributed by atoms with Crippen molar-refractivity contribution in [2.75, 3.05) is 6.61 Å². The van der Waals surface area contributed by atoms with Crippen LogP contribution in [0, 0.1) is 5.92 Å². The number of carbonyl (C=O) groups excluding carboxylic acids is 2. The molecule has 0 amide bonds. The van der Waals surface area contributed by atoms with E-state index in [0.717, 1.165) is 25.7 Å². The summed E-state index contributed by atoms with van der Waals surface area (Å²) in [6.07, 6.45) is 4.32. The Bertz CT molecular complexity index is 691. The maximum Gasteiger partial charge on any atom is 0.338 e. The Morgan fingerprint density at radius 3 is 2.20 bits per heavy atom. The van der Waals surface area contributed by atoms with E-state index in [9.17, 15) is 9.59 Å². The first-order valence-corrected chi connectivity index (χ1v) is 9.03. The number of carbonyl (C=O) groups is 2. The highest BCUT2D eigenvalue weighted by Gasteiger charge is 2.19. The lowest BCUT2D eigenvalue weighted by Crippen LogP contribution is -2.17. The average molecular weight is 338 g/mol. The highest BCUT2D eigenvalue weighted by Crippen LogP contribution is 2.18. The predicted octanol–water partition coefficient (Wildman–Crippen LogP) is 5.29. The van der Waals surface area contributed by atoms with Gasteiger partial charge in [-0.15, -0.1) is 0 Å². The number of ketones is 1. The van der Waals surface area contributed by atoms with Gasteiger partial charge in [-0.3, -0.25) is 4.79 Å². The fourth-order valence-corrected chi connectivity index (χ4v) is 2.77. The summed E-state index contributed by atoms with van der Waals surface area (Å²) in [7, 11) is 0. The molecule has 0 N–H and O–H groups in total. The Hall–Kier alpha value is -2.42. The van der Waals surface area contributed by atoms with E-state index < -0.39 is 5.97 Å². The maximum absolute atomic E-state index is 12.7. The zero-order chi connectivity index (χ0) is 18.1. The second-order valence-corrected chi connectivity index (χ2v) is 6.26. The van der Waals surface area contributed by atoms with E-state index in [2.05, 4.69) is 13.8 Å². The van der Waals surface area contributed by atoms with Crippen LogP contribution >= 0.6 is 0 Å². The fourth-order valence-electron chi connectivity index (χ4n) is 2.77. The van der Waals surface area contributed by atoms with Crippen molar-refractivity contribution in [3.63, 3.8) is 0 Å². The van der Waals surface area contributed by atoms with Crippen LogP contribution in [0.25, 0.3) is 0 Å². The minimum absolute atomic E-state index is 0.161. The summed E-state index contributed by atoms with van der Waals surface area (Å²) >= 11 is 0. The van der Waals surface area contributed by atoms with Crippen LogP contribution in [0.3, 0.4) is 0 Å². The molecule has 25 heavy (non-hydrogen) atoms. The first-order chi connectivity index (χ1) is 12.2. The van der Waals surface area contributed by atoms with Crippen LogP contribution in [0.5, 0.6) is 0 Å². The van der Waals surface area contributed by atoms with Gasteiger partial charge in [-0.2, -0.15) is 0 Å². The highest BCUT2D eigenvalue weighted by molar-refractivity contribution is 6.14. The monoisotopic (exact) mass is 338 g/mol. The lowest BCUT2D eigenvalue weighted by Gasteiger charge is -2.15. The lowest BCUT2D eigenvalue weighted by atomic mass is 9.98. The van der Waals surface area contributed by atoms with E-state index in [0.29, 0.717) is 29.2 Å². The van der Waals surface area contributed by atoms with E-state index in [1.54, 1.807) is 36.4 Å². The molecule has 0 aliphatic heterocycles. The number of esters is 1. The van der Waals surface area contributed by atoms with Gasteiger partial charge in [0.1, 0.15) is 0 Å². The molecule has 132 valence electrons. The molecule has 0 saturated carbocycles. The van der Waals surface area contributed by atoms with Gasteiger partial charge in [0.25, 0.3) is 0 Å². The normalized spacial score (nSPS) is 11.8. The van der Waals surface area contributed by atoms with E-state index >= 15 is 0 Å². The van der Waals surface area contributed by atoms with Crippen LogP contribution in [0.1, 0.15) is 65.8 Å². The maximum atomic E-state index is 12.7. The van der Waals surface area contributed by atoms with Crippen molar-refractivity contribution in [1.29, 1.82) is 0 Å². The number of ether oxygens (including phenoxy) is 1. The van der Waals surface area contributed by atoms with Gasteiger partial charge in [0.2, 0.25) is 0 Å². The smallest absolute Gasteiger partial charge is 0.338 e. The standard InChI is InChI=1S/C22H26O3/c1-3-5-11-17(4-2)16-25-22(24)20-15-10-9-14-19(20)21(23)18-12-7-6-8-13-18/h6-10,12-15,17H,3-5,11,16H2,1-2H3. The molecular weight excluding hydrogens is 312 g/mol. The van der Waals surface area contributed by atoms with Gasteiger partial charge in [0.05, 0.1) is 12.2 Å². The second kappa shape index (κ2) is 9.77. The average Bonchev–Trinajstić information content (AvgIpc) is 2.68. The summed E-state index contributed by atoms with van der Waals surface area (Å²) in [6.45, 7) is 4.68. The molecule has 2 rings (SSSR count). The predicted molar refractivity (Wildman–Crippen MR) is 99.9 cm³/mol. The summed E-state index contributed by atoms with van der Waals surface area (Å²) in [5.74, 6) is -0.207. The van der Waals surface area contributed by atoms with Crippen LogP contribution in [-0.4, -0.2) is 18.4 Å². The first-order valence-electron chi connectivity index (χ1n) is 9.03. The molecule has 0 aromatic heterocycles. The molecule has 0 heterocycles. The van der Waals surface area contributed by atoms with Crippen molar-refractivity contribution in [1.82, 2.24) is 0 Å². The van der Waals surface area contributed by atoms with Gasteiger partial charge < -0.3 is 4.74 Å². The van der Waals surface area contributed by atoms with Crippen LogP contribution in [0.4, 0.5) is 0 Å². The van der Waals surface area contributed by atoms with Gasteiger partial charge in [-0.05, 0) is 18.4 Å². The zero-order valence-electron chi connectivity index (χ0n) is 15.0. The van der Waals surface area contributed by atoms with Gasteiger partial charge in [0, 0.05) is 11.1 Å². The van der Waals surface area contributed by atoms with Crippen molar-refractivity contribution in [2.45, 2.75) is 39.5 Å². The molecule has 0 aliphatic carbocycles. The van der Waals surface area contributed by atoms with Crippen molar-refractivity contribution in [2.24, 2.45) is 5.92 Å². The molecule has 0 bridgehead atoms. The molecule has 2 aromatic rings. The molecule has 0 spiro atoms. The summed E-state index contributed by atoms with van der Waals surface area (Å²) in [5.41, 5.74) is 1.29. The van der Waals surface area contributed by atoms with Gasteiger partial charge in [-0.25, -0.2) is 4.79 Å². The molecule has 0 radical (unpaired) electrons. The third-order valence-electron chi connectivity index (χ3n) is 4.42. The Labute approximate surface area is 150 Å². The van der Waals surface area contributed by atoms with Crippen LogP contribution in [0.2, 0.25) is 0 Å². The summed E-state index contributed by atoms with van der Waals surface area (Å²) < 4.78 is 5.51. The Balaban J connectivity index is 2.11. The Kier molecular flexibility index (Phi) is 7.39. The van der Waals surface area contributed by atoms with Gasteiger partial charge in [-0.1, -0.05) is 81.6 Å². The van der Waals surface area contributed by atoms with Crippen LogP contribution < -0.4 is 0 Å². The van der Waals surface area contributed by atoms with Gasteiger partial charge >= 0.3 is 5.97 Å². The van der Waals surface area contributed by atoms with E-state index in [4.69, 9.17) is 4.74 Å². The number of unbranched alkanes of at least 4 members (excludes halogenated alkanes) is 1. The van der Waals surface area contributed by atoms with Crippen LogP contribution in [0.15, 0.2) is 54.6 Å². The number of rotatable bonds is 9. The minimum Gasteiger partial charge on any atom is -0.462 e. The first kappa shape index (κ1) is 18.9. The molecule has 1 atom stereocenters. The summed E-state index contributed by atoms with van der Waals surface area (Å²) in [4.78, 5) is 25.2. The number of benzene rings is 2. The topological polar surface area (TPSA) is 43.4 Å². The SMILES string of the molecule is CCCCC(CC)COC(=O)c1ccccc1C(=O)c1ccccc1. The van der Waals surface area contributed by atoms with Crippen molar-refractivity contribution < 1.29 is 14.3 Å². The number of hydrogen-bond acceptors (Lipinski definition) is 3. The molecule has 3 nitrogen and oxygen atoms in total. The minimum atomic E-state index is -0.421. The Morgan fingerprint density at radius 2 is 1.56 bits per heavy atom. The third-order valence-corrected chi connectivity index (χ3v) is 4.42. The van der Waals surface area contributed by atoms with Crippen molar-refractivity contribution in [3.05, 3.63) is 71.3 Å². The van der Waals surface area contributed by atoms with E-state index in [-0.39, 0.29) is 5.78 Å². The molecular formula is C22H26O3. The lowest BCUT2D eigenvalue weighted by molar-refractivity contribution is 0.0426. The van der Waals surface area contributed by atoms with E-state index in [1.807, 2.05) is 18.2 Å². The van der Waals surface area contributed by atoms with Crippen molar-refractivity contribution in [3.8, 4) is 0 Å². The Morgan fingerprint density at radius 1 is 0.920 bits per heavy atom. The van der Waals surface area contributed by atoms with E-state index in [1.165, 1.54) is 0 Å². The summed E-state index contributed by atoms with van der Waals surface area (Å²) in [5, 5.41) is 0. The quantitative estimate of drug-likeness (QED) is 0.461. The summed E-state index contributed by atoms with van der Waals surface area (Å²) in [6, 6.07) is 15.9. The molecule has 3 heteroatoms. The van der Waals surface area contributed by atoms with Crippen molar-refractivity contribution >= 4 is 11.8 Å². The molecule has 0 saturated heterocycles. The molecule has 2 aromatic carbocycles.